The second-order valence-electron chi connectivity index (χ2n) is 2.93. The number of carbonyl (C=O) groups is 1. The van der Waals surface area contributed by atoms with Gasteiger partial charge in [-0.1, -0.05) is 0 Å². The Morgan fingerprint density at radius 2 is 1.62 bits per heavy atom. The molecule has 6 heteroatoms. The van der Waals surface area contributed by atoms with E-state index in [1.54, 1.807) is 0 Å². The summed E-state index contributed by atoms with van der Waals surface area (Å²) in [5.41, 5.74) is -0.267. The zero-order valence-corrected chi connectivity index (χ0v) is 9.35. The number of hydrogen-bond acceptors (Lipinski definition) is 3. The van der Waals surface area contributed by atoms with Gasteiger partial charge >= 0.3 is 5.38 Å². The highest BCUT2D eigenvalue weighted by Gasteiger charge is 2.37. The first-order valence-corrected chi connectivity index (χ1v) is 4.61. The van der Waals surface area contributed by atoms with E-state index in [9.17, 15) is 13.6 Å². The monoisotopic (exact) mass is 250 g/mol. The third-order valence-electron chi connectivity index (χ3n) is 1.87. The minimum Gasteiger partial charge on any atom is -0.497 e. The van der Waals surface area contributed by atoms with Crippen LogP contribution in [0.1, 0.15) is 10.4 Å². The third kappa shape index (κ3) is 2.82. The maximum absolute atomic E-state index is 12.6. The van der Waals surface area contributed by atoms with Crippen molar-refractivity contribution in [2.45, 2.75) is 5.38 Å². The van der Waals surface area contributed by atoms with E-state index in [0.29, 0.717) is 0 Å². The Morgan fingerprint density at radius 1 is 1.19 bits per heavy atom. The summed E-state index contributed by atoms with van der Waals surface area (Å²) in [5.74, 6) is -1.02. The molecule has 0 aromatic heterocycles. The molecule has 0 spiro atoms. The van der Waals surface area contributed by atoms with Crippen molar-refractivity contribution in [1.82, 2.24) is 0 Å². The summed E-state index contributed by atoms with van der Waals surface area (Å²) in [4.78, 5) is 11.2. The summed E-state index contributed by atoms with van der Waals surface area (Å²) in [6.07, 6.45) is 0. The van der Waals surface area contributed by atoms with Gasteiger partial charge < -0.3 is 9.47 Å². The van der Waals surface area contributed by atoms with Crippen molar-refractivity contribution in [3.8, 4) is 11.5 Å². The number of hydrogen-bond donors (Lipinski definition) is 0. The standard InChI is InChI=1S/C10H9ClF2O3/c1-15-7-3-6(4-8(5-7)16-2)9(14)10(11,12)13/h3-5H,1-2H3. The lowest BCUT2D eigenvalue weighted by Gasteiger charge is -2.10. The van der Waals surface area contributed by atoms with Gasteiger partial charge in [-0.15, -0.1) is 0 Å². The van der Waals surface area contributed by atoms with Crippen LogP contribution in [-0.2, 0) is 0 Å². The predicted molar refractivity (Wildman–Crippen MR) is 54.7 cm³/mol. The molecule has 1 aromatic carbocycles. The van der Waals surface area contributed by atoms with E-state index in [-0.39, 0.29) is 17.1 Å². The average molecular weight is 251 g/mol. The van der Waals surface area contributed by atoms with Gasteiger partial charge in [-0.25, -0.2) is 0 Å². The Morgan fingerprint density at radius 3 is 1.94 bits per heavy atom. The average Bonchev–Trinajstić information content (AvgIpc) is 2.26. The molecule has 3 nitrogen and oxygen atoms in total. The first-order chi connectivity index (χ1) is 7.38. The maximum atomic E-state index is 12.6. The van der Waals surface area contributed by atoms with E-state index in [1.165, 1.54) is 32.4 Å². The smallest absolute Gasteiger partial charge is 0.384 e. The van der Waals surface area contributed by atoms with Crippen molar-refractivity contribution < 1.29 is 23.0 Å². The summed E-state index contributed by atoms with van der Waals surface area (Å²) < 4.78 is 34.9. The highest BCUT2D eigenvalue weighted by molar-refractivity contribution is 6.35. The Balaban J connectivity index is 3.18. The van der Waals surface area contributed by atoms with Crippen LogP contribution in [-0.4, -0.2) is 25.4 Å². The van der Waals surface area contributed by atoms with Crippen LogP contribution in [0.15, 0.2) is 18.2 Å². The topological polar surface area (TPSA) is 35.5 Å². The molecule has 0 saturated carbocycles. The van der Waals surface area contributed by atoms with Crippen LogP contribution >= 0.6 is 11.6 Å². The van der Waals surface area contributed by atoms with Gasteiger partial charge in [-0.05, 0) is 23.7 Å². The molecule has 0 aliphatic carbocycles. The lowest BCUT2D eigenvalue weighted by atomic mass is 10.1. The van der Waals surface area contributed by atoms with Gasteiger partial charge in [0.05, 0.1) is 14.2 Å². The molecule has 88 valence electrons. The molecule has 0 amide bonds. The lowest BCUT2D eigenvalue weighted by molar-refractivity contribution is 0.0535. The molecule has 0 N–H and O–H groups in total. The molecule has 0 aliphatic heterocycles. The van der Waals surface area contributed by atoms with Crippen LogP contribution in [0, 0.1) is 0 Å². The molecule has 1 rings (SSSR count). The summed E-state index contributed by atoms with van der Waals surface area (Å²) in [7, 11) is 2.70. The molecule has 0 radical (unpaired) electrons. The quantitative estimate of drug-likeness (QED) is 0.609. The summed E-state index contributed by atoms with van der Waals surface area (Å²) in [6, 6.07) is 3.80. The fourth-order valence-electron chi connectivity index (χ4n) is 1.10. The Hall–Kier alpha value is -1.36. The highest BCUT2D eigenvalue weighted by atomic mass is 35.5. The van der Waals surface area contributed by atoms with Gasteiger partial charge in [0.25, 0.3) is 0 Å². The van der Waals surface area contributed by atoms with Gasteiger partial charge in [-0.2, -0.15) is 8.78 Å². The van der Waals surface area contributed by atoms with E-state index in [1.807, 2.05) is 0 Å². The number of methoxy groups -OCH3 is 2. The van der Waals surface area contributed by atoms with Crippen LogP contribution < -0.4 is 9.47 Å². The SMILES string of the molecule is COc1cc(OC)cc(C(=O)C(F)(F)Cl)c1. The zero-order chi connectivity index (χ0) is 12.3. The summed E-state index contributed by atoms with van der Waals surface area (Å²) in [6.45, 7) is 0. The maximum Gasteiger partial charge on any atom is 0.384 e. The molecule has 0 saturated heterocycles. The molecule has 1 aromatic rings. The van der Waals surface area contributed by atoms with Crippen LogP contribution in [0.5, 0.6) is 11.5 Å². The Labute approximate surface area is 95.9 Å². The van der Waals surface area contributed by atoms with Crippen molar-refractivity contribution in [3.63, 3.8) is 0 Å². The van der Waals surface area contributed by atoms with E-state index in [4.69, 9.17) is 9.47 Å². The minimum absolute atomic E-state index is 0.239. The molecule has 0 unspecified atom stereocenters. The third-order valence-corrected chi connectivity index (χ3v) is 2.04. The normalized spacial score (nSPS) is 11.1. The second kappa shape index (κ2) is 4.65. The van der Waals surface area contributed by atoms with Crippen molar-refractivity contribution in [1.29, 1.82) is 0 Å². The zero-order valence-electron chi connectivity index (χ0n) is 8.59. The fourth-order valence-corrected chi connectivity index (χ4v) is 1.21. The number of halogens is 3. The number of ketones is 1. The number of carbonyl (C=O) groups excluding carboxylic acids is 1. The van der Waals surface area contributed by atoms with E-state index in [0.717, 1.165) is 0 Å². The Kier molecular flexibility index (Phi) is 3.70. The first kappa shape index (κ1) is 12.7. The highest BCUT2D eigenvalue weighted by Crippen LogP contribution is 2.29. The van der Waals surface area contributed by atoms with Gasteiger partial charge in [0.1, 0.15) is 11.5 Å². The van der Waals surface area contributed by atoms with Gasteiger partial charge in [-0.3, -0.25) is 4.79 Å². The minimum atomic E-state index is -3.93. The van der Waals surface area contributed by atoms with Crippen molar-refractivity contribution in [2.24, 2.45) is 0 Å². The number of Topliss-reactive ketones (excluding diaryl/α,β-unsaturated/α-hetero) is 1. The second-order valence-corrected chi connectivity index (χ2v) is 3.40. The molecule has 0 fully saturated rings. The molecule has 0 atom stereocenters. The number of alkyl halides is 3. The van der Waals surface area contributed by atoms with Gasteiger partial charge in [0.2, 0.25) is 5.78 Å². The lowest BCUT2D eigenvalue weighted by Crippen LogP contribution is -2.21. The number of ether oxygens (including phenoxy) is 2. The summed E-state index contributed by atoms with van der Waals surface area (Å²) in [5, 5.41) is -3.93. The largest absolute Gasteiger partial charge is 0.497 e. The molecule has 0 heterocycles. The molecule has 0 bridgehead atoms. The van der Waals surface area contributed by atoms with Gasteiger partial charge in [0.15, 0.2) is 0 Å². The van der Waals surface area contributed by atoms with Crippen LogP contribution in [0.3, 0.4) is 0 Å². The number of benzene rings is 1. The van der Waals surface area contributed by atoms with Crippen LogP contribution in [0.25, 0.3) is 0 Å². The fraction of sp³-hybridized carbons (Fsp3) is 0.300. The predicted octanol–water partition coefficient (Wildman–Crippen LogP) is 2.72. The number of rotatable bonds is 4. The van der Waals surface area contributed by atoms with E-state index in [2.05, 4.69) is 11.6 Å². The molecular formula is C10H9ClF2O3. The molecule has 0 aliphatic rings. The summed E-state index contributed by atoms with van der Waals surface area (Å²) >= 11 is 4.64. The molecule has 16 heavy (non-hydrogen) atoms. The van der Waals surface area contributed by atoms with E-state index >= 15 is 0 Å². The van der Waals surface area contributed by atoms with Crippen molar-refractivity contribution in [2.75, 3.05) is 14.2 Å². The van der Waals surface area contributed by atoms with Crippen LogP contribution in [0.4, 0.5) is 8.78 Å². The Bertz CT molecular complexity index is 379. The van der Waals surface area contributed by atoms with E-state index < -0.39 is 11.2 Å². The van der Waals surface area contributed by atoms with Crippen molar-refractivity contribution >= 4 is 17.4 Å². The first-order valence-electron chi connectivity index (χ1n) is 4.23. The molecular weight excluding hydrogens is 242 g/mol. The van der Waals surface area contributed by atoms with Crippen molar-refractivity contribution in [3.05, 3.63) is 23.8 Å². The van der Waals surface area contributed by atoms with Gasteiger partial charge in [0, 0.05) is 11.6 Å². The van der Waals surface area contributed by atoms with Crippen LogP contribution in [0.2, 0.25) is 0 Å².